The lowest BCUT2D eigenvalue weighted by Crippen LogP contribution is -2.09. The van der Waals surface area contributed by atoms with E-state index in [2.05, 4.69) is 0 Å². The lowest BCUT2D eigenvalue weighted by Gasteiger charge is -2.14. The average Bonchev–Trinajstić information content (AvgIpc) is 2.28. The van der Waals surface area contributed by atoms with Crippen molar-refractivity contribution in [2.24, 2.45) is 0 Å². The van der Waals surface area contributed by atoms with Gasteiger partial charge in [-0.1, -0.05) is 0 Å². The SMILES string of the molecule is COCCCC(O)c1cc(C(F)(F)F)ccc1F. The Morgan fingerprint density at radius 1 is 1.33 bits per heavy atom. The van der Waals surface area contributed by atoms with Crippen molar-refractivity contribution in [1.29, 1.82) is 0 Å². The molecule has 0 radical (unpaired) electrons. The first-order valence-electron chi connectivity index (χ1n) is 5.40. The molecule has 0 saturated carbocycles. The lowest BCUT2D eigenvalue weighted by molar-refractivity contribution is -0.137. The molecule has 0 aromatic heterocycles. The summed E-state index contributed by atoms with van der Waals surface area (Å²) < 4.78 is 55.4. The molecule has 0 bridgehead atoms. The molecular weight excluding hydrogens is 252 g/mol. The largest absolute Gasteiger partial charge is 0.416 e. The number of aliphatic hydroxyl groups excluding tert-OH is 1. The van der Waals surface area contributed by atoms with Crippen LogP contribution in [0.3, 0.4) is 0 Å². The quantitative estimate of drug-likeness (QED) is 0.654. The van der Waals surface area contributed by atoms with Crippen molar-refractivity contribution in [1.82, 2.24) is 0 Å². The van der Waals surface area contributed by atoms with Crippen molar-refractivity contribution >= 4 is 0 Å². The highest BCUT2D eigenvalue weighted by Crippen LogP contribution is 2.32. The molecule has 1 aromatic carbocycles. The van der Waals surface area contributed by atoms with E-state index in [0.717, 1.165) is 6.07 Å². The molecule has 1 rings (SSSR count). The van der Waals surface area contributed by atoms with Crippen molar-refractivity contribution in [3.8, 4) is 0 Å². The molecule has 0 fully saturated rings. The maximum Gasteiger partial charge on any atom is 0.416 e. The van der Waals surface area contributed by atoms with Gasteiger partial charge in [0.15, 0.2) is 0 Å². The van der Waals surface area contributed by atoms with E-state index >= 15 is 0 Å². The summed E-state index contributed by atoms with van der Waals surface area (Å²) in [6.45, 7) is 0.359. The first-order valence-corrected chi connectivity index (χ1v) is 5.40. The van der Waals surface area contributed by atoms with E-state index in [4.69, 9.17) is 4.74 Å². The van der Waals surface area contributed by atoms with Gasteiger partial charge < -0.3 is 9.84 Å². The number of halogens is 4. The summed E-state index contributed by atoms with van der Waals surface area (Å²) in [4.78, 5) is 0. The number of rotatable bonds is 5. The number of ether oxygens (including phenoxy) is 1. The van der Waals surface area contributed by atoms with Crippen LogP contribution in [0.25, 0.3) is 0 Å². The van der Waals surface area contributed by atoms with Gasteiger partial charge in [0.2, 0.25) is 0 Å². The Bertz CT molecular complexity index is 390. The Hall–Kier alpha value is -1.14. The Morgan fingerprint density at radius 2 is 2.00 bits per heavy atom. The molecule has 0 aliphatic rings. The predicted octanol–water partition coefficient (Wildman–Crippen LogP) is 3.30. The second-order valence-corrected chi connectivity index (χ2v) is 3.88. The summed E-state index contributed by atoms with van der Waals surface area (Å²) >= 11 is 0. The minimum Gasteiger partial charge on any atom is -0.388 e. The number of alkyl halides is 3. The van der Waals surface area contributed by atoms with Gasteiger partial charge in [-0.25, -0.2) is 4.39 Å². The fourth-order valence-corrected chi connectivity index (χ4v) is 1.55. The molecule has 102 valence electrons. The second kappa shape index (κ2) is 6.15. The zero-order chi connectivity index (χ0) is 13.8. The lowest BCUT2D eigenvalue weighted by atomic mass is 10.0. The van der Waals surface area contributed by atoms with Crippen LogP contribution in [-0.2, 0) is 10.9 Å². The van der Waals surface area contributed by atoms with Crippen LogP contribution in [0, 0.1) is 5.82 Å². The number of hydrogen-bond donors (Lipinski definition) is 1. The highest BCUT2D eigenvalue weighted by atomic mass is 19.4. The Morgan fingerprint density at radius 3 is 2.56 bits per heavy atom. The van der Waals surface area contributed by atoms with Crippen LogP contribution in [0.5, 0.6) is 0 Å². The highest BCUT2D eigenvalue weighted by Gasteiger charge is 2.31. The molecule has 2 nitrogen and oxygen atoms in total. The minimum absolute atomic E-state index is 0.145. The van der Waals surface area contributed by atoms with Gasteiger partial charge in [0, 0.05) is 19.3 Å². The van der Waals surface area contributed by atoms with Gasteiger partial charge in [0.25, 0.3) is 0 Å². The molecule has 0 saturated heterocycles. The van der Waals surface area contributed by atoms with E-state index in [0.29, 0.717) is 25.2 Å². The van der Waals surface area contributed by atoms with Gasteiger partial charge in [0.05, 0.1) is 11.7 Å². The van der Waals surface area contributed by atoms with E-state index in [1.807, 2.05) is 0 Å². The molecule has 0 heterocycles. The molecule has 6 heteroatoms. The molecule has 0 spiro atoms. The van der Waals surface area contributed by atoms with Crippen LogP contribution >= 0.6 is 0 Å². The monoisotopic (exact) mass is 266 g/mol. The molecule has 18 heavy (non-hydrogen) atoms. The molecule has 0 aliphatic carbocycles. The Balaban J connectivity index is 2.86. The summed E-state index contributed by atoms with van der Waals surface area (Å²) in [5.74, 6) is -0.840. The van der Waals surface area contributed by atoms with Gasteiger partial charge in [0.1, 0.15) is 5.82 Å². The van der Waals surface area contributed by atoms with Crippen molar-refractivity contribution in [3.05, 3.63) is 35.1 Å². The third-order valence-corrected chi connectivity index (χ3v) is 2.51. The number of methoxy groups -OCH3 is 1. The van der Waals surface area contributed by atoms with E-state index in [1.165, 1.54) is 7.11 Å². The maximum absolute atomic E-state index is 13.4. The summed E-state index contributed by atoms with van der Waals surface area (Å²) in [5.41, 5.74) is -1.30. The third kappa shape index (κ3) is 3.96. The molecule has 1 atom stereocenters. The van der Waals surface area contributed by atoms with Gasteiger partial charge in [-0.3, -0.25) is 0 Å². The molecule has 0 amide bonds. The highest BCUT2D eigenvalue weighted by molar-refractivity contribution is 5.28. The first-order chi connectivity index (χ1) is 8.36. The van der Waals surface area contributed by atoms with Crippen molar-refractivity contribution in [3.63, 3.8) is 0 Å². The third-order valence-electron chi connectivity index (χ3n) is 2.51. The summed E-state index contributed by atoms with van der Waals surface area (Å²) in [6, 6.07) is 2.02. The minimum atomic E-state index is -4.55. The van der Waals surface area contributed by atoms with Gasteiger partial charge >= 0.3 is 6.18 Å². The maximum atomic E-state index is 13.4. The second-order valence-electron chi connectivity index (χ2n) is 3.88. The number of aliphatic hydroxyl groups is 1. The van der Waals surface area contributed by atoms with Crippen LogP contribution < -0.4 is 0 Å². The summed E-state index contributed by atoms with van der Waals surface area (Å²) in [6.07, 6.45) is -5.23. The van der Waals surface area contributed by atoms with Crippen molar-refractivity contribution in [2.45, 2.75) is 25.1 Å². The van der Waals surface area contributed by atoms with Crippen LogP contribution in [-0.4, -0.2) is 18.8 Å². The normalized spacial score (nSPS) is 13.7. The smallest absolute Gasteiger partial charge is 0.388 e. The van der Waals surface area contributed by atoms with Crippen molar-refractivity contribution < 1.29 is 27.4 Å². The fraction of sp³-hybridized carbons (Fsp3) is 0.500. The van der Waals surface area contributed by atoms with Crippen LogP contribution in [0.1, 0.15) is 30.1 Å². The van der Waals surface area contributed by atoms with Crippen LogP contribution in [0.4, 0.5) is 17.6 Å². The van der Waals surface area contributed by atoms with E-state index in [9.17, 15) is 22.7 Å². The summed E-state index contributed by atoms with van der Waals surface area (Å²) in [5, 5.41) is 9.66. The van der Waals surface area contributed by atoms with Crippen LogP contribution in [0.2, 0.25) is 0 Å². The van der Waals surface area contributed by atoms with Crippen molar-refractivity contribution in [2.75, 3.05) is 13.7 Å². The van der Waals surface area contributed by atoms with Gasteiger partial charge in [-0.2, -0.15) is 13.2 Å². The van der Waals surface area contributed by atoms with E-state index in [1.54, 1.807) is 0 Å². The summed E-state index contributed by atoms with van der Waals surface area (Å²) in [7, 11) is 1.47. The van der Waals surface area contributed by atoms with Gasteiger partial charge in [-0.15, -0.1) is 0 Å². The topological polar surface area (TPSA) is 29.5 Å². The van der Waals surface area contributed by atoms with Crippen LogP contribution in [0.15, 0.2) is 18.2 Å². The predicted molar refractivity (Wildman–Crippen MR) is 57.5 cm³/mol. The zero-order valence-corrected chi connectivity index (χ0v) is 9.80. The molecular formula is C12H14F4O2. The van der Waals surface area contributed by atoms with Gasteiger partial charge in [-0.05, 0) is 31.0 Å². The first kappa shape index (κ1) is 14.9. The zero-order valence-electron chi connectivity index (χ0n) is 9.80. The molecule has 1 unspecified atom stereocenters. The Labute approximate surface area is 102 Å². The number of benzene rings is 1. The molecule has 0 aliphatic heterocycles. The Kier molecular flexibility index (Phi) is 5.10. The number of hydrogen-bond acceptors (Lipinski definition) is 2. The van der Waals surface area contributed by atoms with E-state index in [-0.39, 0.29) is 12.0 Å². The fourth-order valence-electron chi connectivity index (χ4n) is 1.55. The molecule has 1 N–H and O–H groups in total. The average molecular weight is 266 g/mol. The van der Waals surface area contributed by atoms with E-state index < -0.39 is 23.7 Å². The standard InChI is InChI=1S/C12H14F4O2/c1-18-6-2-3-11(17)9-7-8(12(14,15)16)4-5-10(9)13/h4-5,7,11,17H,2-3,6H2,1H3. The molecule has 1 aromatic rings.